The van der Waals surface area contributed by atoms with Gasteiger partial charge in [0.25, 0.3) is 0 Å². The highest BCUT2D eigenvalue weighted by atomic mass is 19.4. The molecule has 0 aliphatic carbocycles. The number of nitrogens with two attached hydrogens (primary N) is 1. The number of benzene rings is 1. The van der Waals surface area contributed by atoms with Gasteiger partial charge in [-0.15, -0.1) is 0 Å². The first-order chi connectivity index (χ1) is 8.38. The molecule has 0 bridgehead atoms. The van der Waals surface area contributed by atoms with Crippen LogP contribution in [0.3, 0.4) is 0 Å². The first-order valence-electron chi connectivity index (χ1n) is 5.27. The van der Waals surface area contributed by atoms with Crippen LogP contribution >= 0.6 is 0 Å². The van der Waals surface area contributed by atoms with E-state index >= 15 is 0 Å². The molecule has 18 heavy (non-hydrogen) atoms. The molecular formula is C13H11F3N2. The third kappa shape index (κ3) is 2.45. The maximum atomic E-state index is 12.6. The predicted octanol–water partition coefficient (Wildman–Crippen LogP) is 3.66. The van der Waals surface area contributed by atoms with Crippen LogP contribution in [-0.2, 0) is 6.18 Å². The molecule has 0 atom stereocenters. The summed E-state index contributed by atoms with van der Waals surface area (Å²) in [4.78, 5) is 4.04. The molecular weight excluding hydrogens is 241 g/mol. The minimum Gasteiger partial charge on any atom is -0.397 e. The van der Waals surface area contributed by atoms with Gasteiger partial charge in [-0.1, -0.05) is 12.1 Å². The normalized spacial score (nSPS) is 11.6. The molecule has 1 aromatic carbocycles. The van der Waals surface area contributed by atoms with Crippen LogP contribution < -0.4 is 5.73 Å². The van der Waals surface area contributed by atoms with Gasteiger partial charge in [-0.2, -0.15) is 13.2 Å². The molecule has 0 unspecified atom stereocenters. The summed E-state index contributed by atoms with van der Waals surface area (Å²) in [5.74, 6) is 0. The highest BCUT2D eigenvalue weighted by molar-refractivity contribution is 5.67. The molecule has 0 aliphatic heterocycles. The standard InChI is InChI=1S/C13H11F3N2/c1-8-12(17)6-10(7-18-8)9-3-2-4-11(5-9)13(14,15)16/h2-7H,17H2,1H3. The Kier molecular flexibility index (Phi) is 2.98. The van der Waals surface area contributed by atoms with Crippen LogP contribution in [0.5, 0.6) is 0 Å². The zero-order valence-electron chi connectivity index (χ0n) is 9.62. The highest BCUT2D eigenvalue weighted by Gasteiger charge is 2.30. The lowest BCUT2D eigenvalue weighted by Crippen LogP contribution is -2.04. The molecule has 0 saturated carbocycles. The van der Waals surface area contributed by atoms with Gasteiger partial charge < -0.3 is 5.73 Å². The molecule has 2 nitrogen and oxygen atoms in total. The van der Waals surface area contributed by atoms with Gasteiger partial charge in [0.05, 0.1) is 16.9 Å². The Balaban J connectivity index is 2.48. The van der Waals surface area contributed by atoms with E-state index in [1.807, 2.05) is 0 Å². The topological polar surface area (TPSA) is 38.9 Å². The lowest BCUT2D eigenvalue weighted by Gasteiger charge is -2.09. The lowest BCUT2D eigenvalue weighted by molar-refractivity contribution is -0.137. The van der Waals surface area contributed by atoms with Crippen molar-refractivity contribution in [2.45, 2.75) is 13.1 Å². The van der Waals surface area contributed by atoms with Gasteiger partial charge in [-0.05, 0) is 30.7 Å². The van der Waals surface area contributed by atoms with Crippen molar-refractivity contribution in [3.8, 4) is 11.1 Å². The molecule has 5 heteroatoms. The molecule has 2 aromatic rings. The van der Waals surface area contributed by atoms with Crippen molar-refractivity contribution in [2.24, 2.45) is 0 Å². The van der Waals surface area contributed by atoms with Gasteiger partial charge >= 0.3 is 6.18 Å². The molecule has 2 N–H and O–H groups in total. The van der Waals surface area contributed by atoms with Gasteiger partial charge in [-0.25, -0.2) is 0 Å². The lowest BCUT2D eigenvalue weighted by atomic mass is 10.0. The number of aryl methyl sites for hydroxylation is 1. The molecule has 0 aliphatic rings. The van der Waals surface area contributed by atoms with Crippen molar-refractivity contribution in [1.82, 2.24) is 4.98 Å². The van der Waals surface area contributed by atoms with Crippen molar-refractivity contribution < 1.29 is 13.2 Å². The SMILES string of the molecule is Cc1ncc(-c2cccc(C(F)(F)F)c2)cc1N. The van der Waals surface area contributed by atoms with Gasteiger partial charge in [0.1, 0.15) is 0 Å². The molecule has 94 valence electrons. The zero-order valence-corrected chi connectivity index (χ0v) is 9.62. The number of aromatic nitrogens is 1. The number of nitrogen functional groups attached to an aromatic ring is 1. The monoisotopic (exact) mass is 252 g/mol. The van der Waals surface area contributed by atoms with E-state index in [0.29, 0.717) is 22.5 Å². The van der Waals surface area contributed by atoms with E-state index in [2.05, 4.69) is 4.98 Å². The van der Waals surface area contributed by atoms with E-state index in [0.717, 1.165) is 12.1 Å². The summed E-state index contributed by atoms with van der Waals surface area (Å²) in [6.07, 6.45) is -2.83. The number of anilines is 1. The Bertz CT molecular complexity index is 577. The number of halogens is 3. The third-order valence-electron chi connectivity index (χ3n) is 2.65. The van der Waals surface area contributed by atoms with E-state index in [1.165, 1.54) is 12.3 Å². The fraction of sp³-hybridized carbons (Fsp3) is 0.154. The fourth-order valence-corrected chi connectivity index (χ4v) is 1.58. The second-order valence-electron chi connectivity index (χ2n) is 3.98. The van der Waals surface area contributed by atoms with Crippen molar-refractivity contribution in [1.29, 1.82) is 0 Å². The van der Waals surface area contributed by atoms with E-state index < -0.39 is 11.7 Å². The molecule has 0 fully saturated rings. The summed E-state index contributed by atoms with van der Waals surface area (Å²) in [5, 5.41) is 0. The Morgan fingerprint density at radius 1 is 1.11 bits per heavy atom. The Hall–Kier alpha value is -2.04. The van der Waals surface area contributed by atoms with Gasteiger partial charge in [-0.3, -0.25) is 4.98 Å². The Morgan fingerprint density at radius 2 is 1.83 bits per heavy atom. The molecule has 1 aromatic heterocycles. The summed E-state index contributed by atoms with van der Waals surface area (Å²) in [7, 11) is 0. The van der Waals surface area contributed by atoms with Crippen molar-refractivity contribution in [3.05, 3.63) is 47.8 Å². The smallest absolute Gasteiger partial charge is 0.397 e. The van der Waals surface area contributed by atoms with Gasteiger partial charge in [0, 0.05) is 11.8 Å². The number of hydrogen-bond acceptors (Lipinski definition) is 2. The second-order valence-corrected chi connectivity index (χ2v) is 3.98. The quantitative estimate of drug-likeness (QED) is 0.841. The first-order valence-corrected chi connectivity index (χ1v) is 5.27. The van der Waals surface area contributed by atoms with E-state index in [4.69, 9.17) is 5.73 Å². The maximum absolute atomic E-state index is 12.6. The van der Waals surface area contributed by atoms with Gasteiger partial charge in [0.15, 0.2) is 0 Å². The third-order valence-corrected chi connectivity index (χ3v) is 2.65. The van der Waals surface area contributed by atoms with Crippen LogP contribution in [0.4, 0.5) is 18.9 Å². The van der Waals surface area contributed by atoms with E-state index in [1.54, 1.807) is 19.1 Å². The van der Waals surface area contributed by atoms with Crippen LogP contribution in [0.2, 0.25) is 0 Å². The summed E-state index contributed by atoms with van der Waals surface area (Å²) < 4.78 is 37.8. The van der Waals surface area contributed by atoms with Crippen LogP contribution in [-0.4, -0.2) is 4.98 Å². The molecule has 0 spiro atoms. The Labute approximate surface area is 102 Å². The second kappa shape index (κ2) is 4.33. The molecule has 0 radical (unpaired) electrons. The number of pyridine rings is 1. The van der Waals surface area contributed by atoms with E-state index in [9.17, 15) is 13.2 Å². The largest absolute Gasteiger partial charge is 0.416 e. The summed E-state index contributed by atoms with van der Waals surface area (Å²) in [6, 6.07) is 6.72. The van der Waals surface area contributed by atoms with Crippen LogP contribution in [0, 0.1) is 6.92 Å². The predicted molar refractivity (Wildman–Crippen MR) is 63.8 cm³/mol. The maximum Gasteiger partial charge on any atom is 0.416 e. The number of hydrogen-bond donors (Lipinski definition) is 1. The molecule has 1 heterocycles. The molecule has 0 amide bonds. The highest BCUT2D eigenvalue weighted by Crippen LogP contribution is 2.32. The first kappa shape index (κ1) is 12.4. The molecule has 0 saturated heterocycles. The van der Waals surface area contributed by atoms with Crippen molar-refractivity contribution in [3.63, 3.8) is 0 Å². The summed E-state index contributed by atoms with van der Waals surface area (Å²) >= 11 is 0. The van der Waals surface area contributed by atoms with Crippen LogP contribution in [0.25, 0.3) is 11.1 Å². The van der Waals surface area contributed by atoms with Crippen LogP contribution in [0.1, 0.15) is 11.3 Å². The zero-order chi connectivity index (χ0) is 13.3. The van der Waals surface area contributed by atoms with Crippen molar-refractivity contribution >= 4 is 5.69 Å². The minimum absolute atomic E-state index is 0.448. The average Bonchev–Trinajstić information content (AvgIpc) is 2.32. The Morgan fingerprint density at radius 3 is 2.44 bits per heavy atom. The summed E-state index contributed by atoms with van der Waals surface area (Å²) in [6.45, 7) is 1.74. The minimum atomic E-state index is -4.35. The van der Waals surface area contributed by atoms with E-state index in [-0.39, 0.29) is 0 Å². The summed E-state index contributed by atoms with van der Waals surface area (Å²) in [5.41, 5.74) is 7.16. The molecule has 2 rings (SSSR count). The van der Waals surface area contributed by atoms with Gasteiger partial charge in [0.2, 0.25) is 0 Å². The van der Waals surface area contributed by atoms with Crippen LogP contribution in [0.15, 0.2) is 36.5 Å². The fourth-order valence-electron chi connectivity index (χ4n) is 1.58. The number of nitrogens with zero attached hydrogens (tertiary/aromatic N) is 1. The number of rotatable bonds is 1. The number of alkyl halides is 3. The average molecular weight is 252 g/mol. The van der Waals surface area contributed by atoms with Crippen molar-refractivity contribution in [2.75, 3.05) is 5.73 Å².